The van der Waals surface area contributed by atoms with Crippen LogP contribution in [0.3, 0.4) is 0 Å². The molecule has 1 saturated carbocycles. The summed E-state index contributed by atoms with van der Waals surface area (Å²) in [5, 5.41) is 12.6. The molecule has 35 heavy (non-hydrogen) atoms. The van der Waals surface area contributed by atoms with Gasteiger partial charge in [0.1, 0.15) is 6.04 Å². The van der Waals surface area contributed by atoms with Crippen LogP contribution in [0.4, 0.5) is 22.0 Å². The first-order valence-corrected chi connectivity index (χ1v) is 12.8. The van der Waals surface area contributed by atoms with E-state index >= 15 is 0 Å². The summed E-state index contributed by atoms with van der Waals surface area (Å²) in [5.41, 5.74) is -0.697. The Balaban J connectivity index is 1.92. The maximum atomic E-state index is 14.0. The van der Waals surface area contributed by atoms with Crippen molar-refractivity contribution < 1.29 is 31.9 Å². The van der Waals surface area contributed by atoms with Crippen molar-refractivity contribution in [2.45, 2.75) is 75.6 Å². The van der Waals surface area contributed by atoms with E-state index in [1.165, 1.54) is 18.2 Å². The van der Waals surface area contributed by atoms with Crippen LogP contribution in [0.1, 0.15) is 67.5 Å². The first-order chi connectivity index (χ1) is 16.2. The van der Waals surface area contributed by atoms with Gasteiger partial charge in [0, 0.05) is 22.6 Å². The predicted molar refractivity (Wildman–Crippen MR) is 127 cm³/mol. The summed E-state index contributed by atoms with van der Waals surface area (Å²) >= 11 is 1.63. The third-order valence-corrected chi connectivity index (χ3v) is 7.72. The Morgan fingerprint density at radius 2 is 1.97 bits per heavy atom. The fourth-order valence-corrected chi connectivity index (χ4v) is 5.18. The number of halogens is 5. The third-order valence-electron chi connectivity index (χ3n) is 5.63. The zero-order valence-corrected chi connectivity index (χ0v) is 21.1. The molecule has 1 aromatic heterocycles. The van der Waals surface area contributed by atoms with E-state index in [-0.39, 0.29) is 27.6 Å². The molecule has 5 nitrogen and oxygen atoms in total. The lowest BCUT2D eigenvalue weighted by atomic mass is 9.81. The van der Waals surface area contributed by atoms with E-state index in [1.54, 1.807) is 13.8 Å². The molecule has 0 bridgehead atoms. The summed E-state index contributed by atoms with van der Waals surface area (Å²) in [6.45, 7) is 4.03. The minimum atomic E-state index is -4.46. The number of carbonyl (C=O) groups is 1. The zero-order chi connectivity index (χ0) is 26.0. The average molecular weight is 538 g/mol. The topological polar surface area (TPSA) is 74.2 Å². The van der Waals surface area contributed by atoms with Gasteiger partial charge in [0.25, 0.3) is 12.3 Å². The summed E-state index contributed by atoms with van der Waals surface area (Å²) in [6, 6.07) is 2.27. The fourth-order valence-electron chi connectivity index (χ4n) is 3.36. The summed E-state index contributed by atoms with van der Waals surface area (Å²) in [5.74, 6) is -0.143. The van der Waals surface area contributed by atoms with Gasteiger partial charge in [0.15, 0.2) is 5.01 Å². The van der Waals surface area contributed by atoms with Crippen molar-refractivity contribution in [3.63, 3.8) is 0 Å². The quantitative estimate of drug-likeness (QED) is 0.251. The van der Waals surface area contributed by atoms with Gasteiger partial charge in [-0.15, -0.1) is 11.3 Å². The summed E-state index contributed by atoms with van der Waals surface area (Å²) in [6.07, 6.45) is -3.71. The zero-order valence-electron chi connectivity index (χ0n) is 19.5. The van der Waals surface area contributed by atoms with E-state index in [0.717, 1.165) is 37.5 Å². The molecule has 0 radical (unpaired) electrons. The number of alkyl halides is 5. The molecule has 0 saturated heterocycles. The molecular formula is C23H28F5N3O2S2. The molecular weight excluding hydrogens is 509 g/mol. The van der Waals surface area contributed by atoms with Crippen LogP contribution in [-0.2, 0) is 6.42 Å². The number of amides is 1. The molecule has 1 atom stereocenters. The van der Waals surface area contributed by atoms with Crippen molar-refractivity contribution in [3.8, 4) is 10.4 Å². The van der Waals surface area contributed by atoms with E-state index in [2.05, 4.69) is 15.0 Å². The molecule has 1 unspecified atom stereocenters. The van der Waals surface area contributed by atoms with Crippen molar-refractivity contribution in [1.82, 2.24) is 15.0 Å². The van der Waals surface area contributed by atoms with Crippen molar-refractivity contribution in [1.29, 1.82) is 0 Å². The number of thiazole rings is 1. The highest BCUT2D eigenvalue weighted by Gasteiger charge is 2.36. The smallest absolute Gasteiger partial charge is 0.389 e. The largest absolute Gasteiger partial charge is 0.404 e. The molecule has 3 N–H and O–H groups in total. The Bertz CT molecular complexity index is 1030. The van der Waals surface area contributed by atoms with Crippen LogP contribution in [0.2, 0.25) is 0 Å². The number of nitrogens with one attached hydrogen (secondary N) is 2. The molecule has 194 valence electrons. The normalized spacial score (nSPS) is 15.8. The van der Waals surface area contributed by atoms with E-state index in [1.807, 2.05) is 0 Å². The van der Waals surface area contributed by atoms with Crippen LogP contribution >= 0.6 is 23.3 Å². The van der Waals surface area contributed by atoms with Gasteiger partial charge in [-0.05, 0) is 57.2 Å². The van der Waals surface area contributed by atoms with Crippen LogP contribution in [0, 0.1) is 5.92 Å². The van der Waals surface area contributed by atoms with E-state index in [0.29, 0.717) is 34.9 Å². The number of hydrogen-bond acceptors (Lipinski definition) is 6. The van der Waals surface area contributed by atoms with Crippen LogP contribution in [-0.4, -0.2) is 40.4 Å². The lowest BCUT2D eigenvalue weighted by Crippen LogP contribution is -2.38. The number of benzene rings is 1. The lowest BCUT2D eigenvalue weighted by Gasteiger charge is -2.25. The molecule has 1 amide bonds. The second-order valence-corrected chi connectivity index (χ2v) is 11.2. The highest BCUT2D eigenvalue weighted by Crippen LogP contribution is 2.41. The van der Waals surface area contributed by atoms with Gasteiger partial charge < -0.3 is 10.4 Å². The molecule has 12 heteroatoms. The minimum Gasteiger partial charge on any atom is -0.389 e. The third kappa shape index (κ3) is 7.61. The highest BCUT2D eigenvalue weighted by molar-refractivity contribution is 7.97. The molecule has 1 aromatic carbocycles. The standard InChI is InChI=1S/C23H28F5N3O2S2/c1-12(23(26,27)28)31-35-14-7-8-15(16(10-14)19(24)25)18-17(9-13-5-4-6-13)30-21(34-18)20(32)29-11-22(2,3)33/h7-8,10,12-13,19,31,33H,4-6,9,11H2,1-3H3,(H,29,32). The Labute approximate surface area is 209 Å². The maximum absolute atomic E-state index is 14.0. The molecule has 1 aliphatic carbocycles. The Hall–Kier alpha value is -1.76. The summed E-state index contributed by atoms with van der Waals surface area (Å²) in [7, 11) is 0. The number of nitrogens with zero attached hydrogens (tertiary/aromatic N) is 1. The Morgan fingerprint density at radius 1 is 1.29 bits per heavy atom. The van der Waals surface area contributed by atoms with Gasteiger partial charge in [-0.1, -0.05) is 25.3 Å². The first kappa shape index (κ1) is 27.8. The second-order valence-electron chi connectivity index (χ2n) is 9.32. The SMILES string of the molecule is CC(NSc1ccc(-c2sc(C(=O)NCC(C)(C)O)nc2CC2CCC2)c(C(F)F)c1)C(F)(F)F. The molecule has 2 aromatic rings. The maximum Gasteiger partial charge on any atom is 0.404 e. The van der Waals surface area contributed by atoms with Crippen molar-refractivity contribution >= 4 is 29.2 Å². The van der Waals surface area contributed by atoms with Crippen molar-refractivity contribution in [2.24, 2.45) is 5.92 Å². The fraction of sp³-hybridized carbons (Fsp3) is 0.565. The Morgan fingerprint density at radius 3 is 2.51 bits per heavy atom. The number of aromatic nitrogens is 1. The molecule has 0 aliphatic heterocycles. The molecule has 1 heterocycles. The predicted octanol–water partition coefficient (Wildman–Crippen LogP) is 6.14. The number of rotatable bonds is 10. The number of hydrogen-bond donors (Lipinski definition) is 3. The average Bonchev–Trinajstić information content (AvgIpc) is 3.15. The minimum absolute atomic E-state index is 0.00371. The van der Waals surface area contributed by atoms with Gasteiger partial charge >= 0.3 is 6.18 Å². The Kier molecular flexibility index (Phi) is 8.82. The first-order valence-electron chi connectivity index (χ1n) is 11.2. The van der Waals surface area contributed by atoms with Gasteiger partial charge in [-0.2, -0.15) is 13.2 Å². The van der Waals surface area contributed by atoms with Crippen LogP contribution in [0.5, 0.6) is 0 Å². The lowest BCUT2D eigenvalue weighted by molar-refractivity contribution is -0.146. The van der Waals surface area contributed by atoms with Crippen LogP contribution < -0.4 is 10.0 Å². The summed E-state index contributed by atoms with van der Waals surface area (Å²) in [4.78, 5) is 17.8. The van der Waals surface area contributed by atoms with Gasteiger partial charge in [0.05, 0.1) is 16.2 Å². The van der Waals surface area contributed by atoms with E-state index < -0.39 is 30.2 Å². The number of carbonyl (C=O) groups excluding carboxylic acids is 1. The highest BCUT2D eigenvalue weighted by atomic mass is 32.2. The van der Waals surface area contributed by atoms with E-state index in [4.69, 9.17) is 0 Å². The van der Waals surface area contributed by atoms with Crippen LogP contribution in [0.25, 0.3) is 10.4 Å². The second kappa shape index (κ2) is 11.1. The van der Waals surface area contributed by atoms with Gasteiger partial charge in [0.2, 0.25) is 0 Å². The van der Waals surface area contributed by atoms with Gasteiger partial charge in [-0.25, -0.2) is 18.5 Å². The molecule has 3 rings (SSSR count). The molecule has 1 fully saturated rings. The summed E-state index contributed by atoms with van der Waals surface area (Å²) < 4.78 is 68.6. The molecule has 1 aliphatic rings. The van der Waals surface area contributed by atoms with E-state index in [9.17, 15) is 31.9 Å². The van der Waals surface area contributed by atoms with Gasteiger partial charge in [-0.3, -0.25) is 4.79 Å². The monoisotopic (exact) mass is 537 g/mol. The van der Waals surface area contributed by atoms with Crippen molar-refractivity contribution in [3.05, 3.63) is 34.5 Å². The number of aliphatic hydroxyl groups is 1. The van der Waals surface area contributed by atoms with Crippen molar-refractivity contribution in [2.75, 3.05) is 6.54 Å². The van der Waals surface area contributed by atoms with Crippen LogP contribution in [0.15, 0.2) is 23.1 Å². The molecule has 0 spiro atoms.